The molecule has 5 heteroatoms. The van der Waals surface area contributed by atoms with Crippen LogP contribution in [-0.2, 0) is 17.9 Å². The van der Waals surface area contributed by atoms with Crippen molar-refractivity contribution in [3.05, 3.63) is 90.8 Å². The zero-order valence-electron chi connectivity index (χ0n) is 19.2. The van der Waals surface area contributed by atoms with Crippen molar-refractivity contribution in [2.45, 2.75) is 26.0 Å². The summed E-state index contributed by atoms with van der Waals surface area (Å²) in [6.07, 6.45) is 3.94. The normalized spacial score (nSPS) is 10.8. The van der Waals surface area contributed by atoms with Gasteiger partial charge >= 0.3 is 0 Å². The van der Waals surface area contributed by atoms with E-state index in [1.54, 1.807) is 14.2 Å². The van der Waals surface area contributed by atoms with E-state index in [9.17, 15) is 0 Å². The van der Waals surface area contributed by atoms with Crippen molar-refractivity contribution in [2.24, 2.45) is 0 Å². The van der Waals surface area contributed by atoms with Crippen molar-refractivity contribution < 1.29 is 14.2 Å². The van der Waals surface area contributed by atoms with Crippen LogP contribution >= 0.6 is 0 Å². The summed E-state index contributed by atoms with van der Waals surface area (Å²) in [4.78, 5) is 4.76. The smallest absolute Gasteiger partial charge is 0.161 e. The Morgan fingerprint density at radius 1 is 0.758 bits per heavy atom. The summed E-state index contributed by atoms with van der Waals surface area (Å²) in [6, 6.07) is 26.7. The minimum atomic E-state index is 0.554. The van der Waals surface area contributed by atoms with Crippen LogP contribution in [0.5, 0.6) is 11.5 Å². The first-order chi connectivity index (χ1) is 16.3. The van der Waals surface area contributed by atoms with Gasteiger partial charge < -0.3 is 18.8 Å². The molecule has 0 fully saturated rings. The molecule has 0 unspecified atom stereocenters. The minimum absolute atomic E-state index is 0.554. The van der Waals surface area contributed by atoms with Gasteiger partial charge in [0.25, 0.3) is 0 Å². The molecule has 1 aromatic heterocycles. The van der Waals surface area contributed by atoms with Crippen LogP contribution in [0.2, 0.25) is 0 Å². The standard InChI is InChI=1S/C28H30N2O3/c1-31-25-16-15-22(19-26(25)32-2)20-33-18-10-9-17-30-21-29-27(23-11-5-3-6-12-23)28(30)24-13-7-4-8-14-24/h3-8,11-16,19,21H,9-10,17-18,20H2,1-2H3. The molecule has 0 atom stereocenters. The Morgan fingerprint density at radius 2 is 1.45 bits per heavy atom. The number of rotatable bonds is 11. The van der Waals surface area contributed by atoms with Crippen LogP contribution in [0.3, 0.4) is 0 Å². The summed E-state index contributed by atoms with van der Waals surface area (Å²) in [5.74, 6) is 1.45. The maximum atomic E-state index is 5.90. The number of nitrogens with zero attached hydrogens (tertiary/aromatic N) is 2. The van der Waals surface area contributed by atoms with E-state index >= 15 is 0 Å². The Balaban J connectivity index is 1.35. The molecule has 0 N–H and O–H groups in total. The molecule has 0 saturated carbocycles. The maximum Gasteiger partial charge on any atom is 0.161 e. The van der Waals surface area contributed by atoms with Gasteiger partial charge in [0.2, 0.25) is 0 Å². The molecule has 170 valence electrons. The highest BCUT2D eigenvalue weighted by atomic mass is 16.5. The Bertz CT molecular complexity index is 1140. The second-order valence-corrected chi connectivity index (χ2v) is 7.82. The SMILES string of the molecule is COc1ccc(COCCCCn2cnc(-c3ccccc3)c2-c2ccccc2)cc1OC. The number of aryl methyl sites for hydroxylation is 1. The summed E-state index contributed by atoms with van der Waals surface area (Å²) in [7, 11) is 3.28. The number of aromatic nitrogens is 2. The third-order valence-electron chi connectivity index (χ3n) is 5.59. The lowest BCUT2D eigenvalue weighted by atomic mass is 10.0. The number of benzene rings is 3. The predicted octanol–water partition coefficient (Wildman–Crippen LogP) is 6.23. The Morgan fingerprint density at radius 3 is 2.15 bits per heavy atom. The van der Waals surface area contributed by atoms with Gasteiger partial charge in [-0.25, -0.2) is 4.98 Å². The quantitative estimate of drug-likeness (QED) is 0.258. The van der Waals surface area contributed by atoms with Crippen LogP contribution in [0.15, 0.2) is 85.2 Å². The molecular weight excluding hydrogens is 412 g/mol. The first kappa shape index (κ1) is 22.6. The first-order valence-corrected chi connectivity index (χ1v) is 11.2. The number of methoxy groups -OCH3 is 2. The van der Waals surface area contributed by atoms with Crippen molar-refractivity contribution in [1.82, 2.24) is 9.55 Å². The summed E-state index contributed by atoms with van der Waals surface area (Å²) in [6.45, 7) is 2.15. The number of ether oxygens (including phenoxy) is 3. The van der Waals surface area contributed by atoms with Gasteiger partial charge in [-0.3, -0.25) is 0 Å². The number of hydrogen-bond acceptors (Lipinski definition) is 4. The Labute approximate surface area is 195 Å². The zero-order chi connectivity index (χ0) is 22.9. The van der Waals surface area contributed by atoms with Gasteiger partial charge in [0, 0.05) is 24.3 Å². The molecule has 0 spiro atoms. The minimum Gasteiger partial charge on any atom is -0.493 e. The maximum absolute atomic E-state index is 5.90. The van der Waals surface area contributed by atoms with E-state index in [0.717, 1.165) is 53.4 Å². The second kappa shape index (κ2) is 11.3. The topological polar surface area (TPSA) is 45.5 Å². The molecule has 0 aliphatic carbocycles. The van der Waals surface area contributed by atoms with Gasteiger partial charge in [-0.2, -0.15) is 0 Å². The summed E-state index contributed by atoms with van der Waals surface area (Å²) in [5.41, 5.74) is 5.56. The van der Waals surface area contributed by atoms with Crippen molar-refractivity contribution >= 4 is 0 Å². The number of unbranched alkanes of at least 4 members (excludes halogenated alkanes) is 1. The monoisotopic (exact) mass is 442 g/mol. The average Bonchev–Trinajstić information content (AvgIpc) is 3.31. The summed E-state index contributed by atoms with van der Waals surface area (Å²) in [5, 5.41) is 0. The lowest BCUT2D eigenvalue weighted by molar-refractivity contribution is 0.116. The van der Waals surface area contributed by atoms with E-state index in [2.05, 4.69) is 53.1 Å². The van der Waals surface area contributed by atoms with Gasteiger partial charge in [0.05, 0.1) is 38.5 Å². The lowest BCUT2D eigenvalue weighted by Gasteiger charge is -2.12. The molecular formula is C28H30N2O3. The molecule has 0 radical (unpaired) electrons. The van der Waals surface area contributed by atoms with Crippen molar-refractivity contribution in [3.8, 4) is 34.0 Å². The predicted molar refractivity (Wildman–Crippen MR) is 132 cm³/mol. The fourth-order valence-electron chi connectivity index (χ4n) is 3.90. The molecule has 0 amide bonds. The molecule has 0 bridgehead atoms. The fraction of sp³-hybridized carbons (Fsp3) is 0.250. The van der Waals surface area contributed by atoms with E-state index in [1.807, 2.05) is 36.7 Å². The van der Waals surface area contributed by atoms with Gasteiger partial charge in [0.15, 0.2) is 11.5 Å². The average molecular weight is 443 g/mol. The molecule has 1 heterocycles. The number of hydrogen-bond donors (Lipinski definition) is 0. The molecule has 33 heavy (non-hydrogen) atoms. The third kappa shape index (κ3) is 5.62. The highest BCUT2D eigenvalue weighted by Gasteiger charge is 2.14. The fourth-order valence-corrected chi connectivity index (χ4v) is 3.90. The van der Waals surface area contributed by atoms with Crippen molar-refractivity contribution in [1.29, 1.82) is 0 Å². The molecule has 0 aliphatic rings. The van der Waals surface area contributed by atoms with E-state index in [-0.39, 0.29) is 0 Å². The van der Waals surface area contributed by atoms with Crippen molar-refractivity contribution in [2.75, 3.05) is 20.8 Å². The summed E-state index contributed by atoms with van der Waals surface area (Å²) >= 11 is 0. The van der Waals surface area contributed by atoms with Crippen LogP contribution < -0.4 is 9.47 Å². The largest absolute Gasteiger partial charge is 0.493 e. The Hall–Kier alpha value is -3.57. The molecule has 5 nitrogen and oxygen atoms in total. The molecule has 3 aromatic carbocycles. The highest BCUT2D eigenvalue weighted by molar-refractivity contribution is 5.78. The van der Waals surface area contributed by atoms with Crippen LogP contribution in [0.1, 0.15) is 18.4 Å². The molecule has 0 saturated heterocycles. The van der Waals surface area contributed by atoms with Crippen LogP contribution in [-0.4, -0.2) is 30.4 Å². The third-order valence-corrected chi connectivity index (χ3v) is 5.59. The van der Waals surface area contributed by atoms with Gasteiger partial charge in [-0.05, 0) is 30.5 Å². The van der Waals surface area contributed by atoms with Gasteiger partial charge in [-0.1, -0.05) is 66.7 Å². The molecule has 4 aromatic rings. The Kier molecular flexibility index (Phi) is 7.77. The van der Waals surface area contributed by atoms with Crippen LogP contribution in [0.4, 0.5) is 0 Å². The molecule has 4 rings (SSSR count). The van der Waals surface area contributed by atoms with Crippen LogP contribution in [0.25, 0.3) is 22.5 Å². The summed E-state index contributed by atoms with van der Waals surface area (Å²) < 4.78 is 18.8. The van der Waals surface area contributed by atoms with E-state index in [1.165, 1.54) is 5.56 Å². The zero-order valence-corrected chi connectivity index (χ0v) is 19.2. The lowest BCUT2D eigenvalue weighted by Crippen LogP contribution is -2.02. The second-order valence-electron chi connectivity index (χ2n) is 7.82. The molecule has 0 aliphatic heterocycles. The number of imidazole rings is 1. The van der Waals surface area contributed by atoms with Crippen molar-refractivity contribution in [3.63, 3.8) is 0 Å². The van der Waals surface area contributed by atoms with E-state index < -0.39 is 0 Å². The van der Waals surface area contributed by atoms with E-state index in [0.29, 0.717) is 13.2 Å². The van der Waals surface area contributed by atoms with Crippen LogP contribution in [0, 0.1) is 0 Å². The first-order valence-electron chi connectivity index (χ1n) is 11.2. The van der Waals surface area contributed by atoms with Gasteiger partial charge in [-0.15, -0.1) is 0 Å². The van der Waals surface area contributed by atoms with Gasteiger partial charge in [0.1, 0.15) is 0 Å². The highest BCUT2D eigenvalue weighted by Crippen LogP contribution is 2.31. The van der Waals surface area contributed by atoms with E-state index in [4.69, 9.17) is 19.2 Å².